The maximum atomic E-state index is 13.2. The number of rotatable bonds is 5. The molecular formula is C21H22N2O4S2. The number of ether oxygens (including phenoxy) is 1. The molecule has 2 heterocycles. The number of thiophene rings is 1. The first kappa shape index (κ1) is 19.9. The highest BCUT2D eigenvalue weighted by Crippen LogP contribution is 2.41. The fourth-order valence-corrected chi connectivity index (χ4v) is 6.72. The Hall–Kier alpha value is -2.42. The summed E-state index contributed by atoms with van der Waals surface area (Å²) in [6.07, 6.45) is 0.648. The number of methoxy groups -OCH3 is 1. The van der Waals surface area contributed by atoms with E-state index in [2.05, 4.69) is 0 Å². The first-order valence-electron chi connectivity index (χ1n) is 9.29. The van der Waals surface area contributed by atoms with Crippen LogP contribution < -0.4 is 10.5 Å². The Balaban J connectivity index is 1.68. The fourth-order valence-electron chi connectivity index (χ4n) is 4.00. The Morgan fingerprint density at radius 1 is 1.24 bits per heavy atom. The molecule has 2 aromatic carbocycles. The van der Waals surface area contributed by atoms with E-state index in [4.69, 9.17) is 10.5 Å². The Morgan fingerprint density at radius 3 is 2.69 bits per heavy atom. The smallest absolute Gasteiger partial charge is 0.259 e. The van der Waals surface area contributed by atoms with Gasteiger partial charge < -0.3 is 10.5 Å². The highest BCUT2D eigenvalue weighted by atomic mass is 32.2. The number of aryl methyl sites for hydroxylation is 1. The predicted molar refractivity (Wildman–Crippen MR) is 114 cm³/mol. The first-order valence-corrected chi connectivity index (χ1v) is 11.5. The van der Waals surface area contributed by atoms with E-state index in [1.165, 1.54) is 15.6 Å². The highest BCUT2D eigenvalue weighted by Gasteiger charge is 2.36. The second-order valence-electron chi connectivity index (χ2n) is 7.19. The van der Waals surface area contributed by atoms with Crippen LogP contribution in [0.1, 0.15) is 33.1 Å². The number of sulfonamides is 1. The molecule has 1 amide bonds. The van der Waals surface area contributed by atoms with Crippen LogP contribution in [0.3, 0.4) is 0 Å². The lowest BCUT2D eigenvalue weighted by molar-refractivity contribution is 0.100. The number of hydrogen-bond acceptors (Lipinski definition) is 5. The number of benzene rings is 2. The van der Waals surface area contributed by atoms with Gasteiger partial charge in [-0.25, -0.2) is 8.42 Å². The van der Waals surface area contributed by atoms with Crippen molar-refractivity contribution < 1.29 is 17.9 Å². The van der Waals surface area contributed by atoms with Crippen molar-refractivity contribution in [3.8, 4) is 5.75 Å². The summed E-state index contributed by atoms with van der Waals surface area (Å²) < 4.78 is 34.1. The molecule has 0 spiro atoms. The molecule has 3 aromatic rings. The van der Waals surface area contributed by atoms with Crippen LogP contribution in [0.4, 0.5) is 0 Å². The first-order chi connectivity index (χ1) is 13.8. The van der Waals surface area contributed by atoms with Crippen molar-refractivity contribution in [2.45, 2.75) is 24.2 Å². The van der Waals surface area contributed by atoms with Crippen molar-refractivity contribution in [2.75, 3.05) is 20.2 Å². The van der Waals surface area contributed by atoms with Gasteiger partial charge in [-0.3, -0.25) is 4.79 Å². The van der Waals surface area contributed by atoms with Gasteiger partial charge >= 0.3 is 0 Å². The number of nitrogens with two attached hydrogens (primary N) is 1. The van der Waals surface area contributed by atoms with Gasteiger partial charge in [0.2, 0.25) is 10.0 Å². The van der Waals surface area contributed by atoms with E-state index in [0.717, 1.165) is 21.2 Å². The van der Waals surface area contributed by atoms with E-state index >= 15 is 0 Å². The highest BCUT2D eigenvalue weighted by molar-refractivity contribution is 7.89. The predicted octanol–water partition coefficient (Wildman–Crippen LogP) is 3.50. The van der Waals surface area contributed by atoms with Gasteiger partial charge in [0.15, 0.2) is 0 Å². The number of fused-ring (bicyclic) bond motifs is 1. The molecule has 0 bridgehead atoms. The third-order valence-corrected chi connectivity index (χ3v) is 8.48. The molecule has 1 fully saturated rings. The molecule has 0 radical (unpaired) electrons. The summed E-state index contributed by atoms with van der Waals surface area (Å²) in [6, 6.07) is 12.7. The molecule has 1 saturated heterocycles. The molecule has 29 heavy (non-hydrogen) atoms. The van der Waals surface area contributed by atoms with Crippen molar-refractivity contribution in [1.29, 1.82) is 0 Å². The van der Waals surface area contributed by atoms with Crippen LogP contribution in [0.15, 0.2) is 47.4 Å². The van der Waals surface area contributed by atoms with Crippen LogP contribution in [0, 0.1) is 6.92 Å². The number of carbonyl (C=O) groups is 1. The maximum Gasteiger partial charge on any atom is 0.259 e. The molecule has 4 rings (SSSR count). The fraction of sp³-hybridized carbons (Fsp3) is 0.286. The normalized spacial score (nSPS) is 17.7. The summed E-state index contributed by atoms with van der Waals surface area (Å²) in [7, 11) is -2.07. The zero-order valence-corrected chi connectivity index (χ0v) is 17.8. The van der Waals surface area contributed by atoms with Crippen molar-refractivity contribution in [3.05, 3.63) is 58.5 Å². The SMILES string of the molecule is COc1ccc(S(=O)(=O)N2CC[C@H](c3c(C(N)=O)sc4ccccc34)C2)cc1C. The summed E-state index contributed by atoms with van der Waals surface area (Å²) in [6.45, 7) is 2.55. The molecule has 0 unspecified atom stereocenters. The zero-order valence-electron chi connectivity index (χ0n) is 16.2. The lowest BCUT2D eigenvalue weighted by Gasteiger charge is -2.18. The average Bonchev–Trinajstić information content (AvgIpc) is 3.32. The third kappa shape index (κ3) is 3.41. The van der Waals surface area contributed by atoms with Gasteiger partial charge in [-0.1, -0.05) is 18.2 Å². The zero-order chi connectivity index (χ0) is 20.8. The molecule has 6 nitrogen and oxygen atoms in total. The van der Waals surface area contributed by atoms with Gasteiger partial charge in [0, 0.05) is 23.7 Å². The summed E-state index contributed by atoms with van der Waals surface area (Å²) in [5, 5.41) is 0.982. The molecule has 152 valence electrons. The van der Waals surface area contributed by atoms with Gasteiger partial charge in [-0.2, -0.15) is 4.31 Å². The Kier molecular flexibility index (Phi) is 5.10. The maximum absolute atomic E-state index is 13.2. The monoisotopic (exact) mass is 430 g/mol. The lowest BCUT2D eigenvalue weighted by Crippen LogP contribution is -2.29. The van der Waals surface area contributed by atoms with E-state index in [1.807, 2.05) is 31.2 Å². The van der Waals surface area contributed by atoms with Gasteiger partial charge in [0.05, 0.1) is 16.9 Å². The summed E-state index contributed by atoms with van der Waals surface area (Å²) >= 11 is 1.37. The second kappa shape index (κ2) is 7.44. The third-order valence-electron chi connectivity index (χ3n) is 5.42. The number of primary amides is 1. The van der Waals surface area contributed by atoms with E-state index in [0.29, 0.717) is 30.1 Å². The standard InChI is InChI=1S/C21H22N2O4S2/c1-13-11-15(7-8-17(13)27-2)29(25,26)23-10-9-14(12-23)19-16-5-3-4-6-18(16)28-20(19)21(22)24/h3-8,11,14H,9-10,12H2,1-2H3,(H2,22,24)/t14-/m0/s1. The largest absolute Gasteiger partial charge is 0.496 e. The van der Waals surface area contributed by atoms with Crippen LogP contribution in [-0.4, -0.2) is 38.8 Å². The number of hydrogen-bond donors (Lipinski definition) is 1. The molecule has 1 aliphatic rings. The van der Waals surface area contributed by atoms with Crippen LogP contribution in [-0.2, 0) is 10.0 Å². The van der Waals surface area contributed by atoms with Crippen LogP contribution in [0.5, 0.6) is 5.75 Å². The van der Waals surface area contributed by atoms with Crippen LogP contribution in [0.25, 0.3) is 10.1 Å². The Bertz CT molecular complexity index is 1200. The topological polar surface area (TPSA) is 89.7 Å². The molecule has 0 aliphatic carbocycles. The van der Waals surface area contributed by atoms with Crippen molar-refractivity contribution in [2.24, 2.45) is 5.73 Å². The molecular weight excluding hydrogens is 408 g/mol. The van der Waals surface area contributed by atoms with Gasteiger partial charge in [-0.05, 0) is 54.1 Å². The number of carbonyl (C=O) groups excluding carboxylic acids is 1. The summed E-state index contributed by atoms with van der Waals surface area (Å²) in [5.74, 6) is 0.121. The van der Waals surface area contributed by atoms with E-state index in [1.54, 1.807) is 25.3 Å². The van der Waals surface area contributed by atoms with Crippen molar-refractivity contribution >= 4 is 37.4 Å². The molecule has 1 aromatic heterocycles. The van der Waals surface area contributed by atoms with Crippen LogP contribution in [0.2, 0.25) is 0 Å². The molecule has 1 atom stereocenters. The Morgan fingerprint density at radius 2 is 2.00 bits per heavy atom. The summed E-state index contributed by atoms with van der Waals surface area (Å²) in [4.78, 5) is 12.8. The minimum absolute atomic E-state index is 0.0669. The van der Waals surface area contributed by atoms with Gasteiger partial charge in [0.25, 0.3) is 5.91 Å². The van der Waals surface area contributed by atoms with Crippen molar-refractivity contribution in [3.63, 3.8) is 0 Å². The van der Waals surface area contributed by atoms with E-state index in [-0.39, 0.29) is 10.8 Å². The van der Waals surface area contributed by atoms with E-state index in [9.17, 15) is 13.2 Å². The minimum atomic E-state index is -3.63. The molecule has 8 heteroatoms. The van der Waals surface area contributed by atoms with Gasteiger partial charge in [-0.15, -0.1) is 11.3 Å². The molecule has 0 saturated carbocycles. The second-order valence-corrected chi connectivity index (χ2v) is 10.2. The number of amides is 1. The molecule has 1 aliphatic heterocycles. The molecule has 2 N–H and O–H groups in total. The van der Waals surface area contributed by atoms with E-state index < -0.39 is 15.9 Å². The average molecular weight is 431 g/mol. The van der Waals surface area contributed by atoms with Gasteiger partial charge in [0.1, 0.15) is 5.75 Å². The lowest BCUT2D eigenvalue weighted by atomic mass is 9.95. The quantitative estimate of drug-likeness (QED) is 0.671. The van der Waals surface area contributed by atoms with Crippen molar-refractivity contribution in [1.82, 2.24) is 4.31 Å². The number of nitrogens with zero attached hydrogens (tertiary/aromatic N) is 1. The minimum Gasteiger partial charge on any atom is -0.496 e. The summed E-state index contributed by atoms with van der Waals surface area (Å²) in [5.41, 5.74) is 7.27. The van der Waals surface area contributed by atoms with Crippen LogP contribution >= 0.6 is 11.3 Å². The Labute approximate surface area is 173 Å².